The molecule has 2 atom stereocenters. The summed E-state index contributed by atoms with van der Waals surface area (Å²) in [6, 6.07) is 4.40. The van der Waals surface area contributed by atoms with Crippen molar-refractivity contribution in [2.24, 2.45) is 10.8 Å². The maximum Gasteiger partial charge on any atom is 0.416 e. The van der Waals surface area contributed by atoms with Crippen molar-refractivity contribution in [1.82, 2.24) is 0 Å². The lowest BCUT2D eigenvalue weighted by molar-refractivity contribution is -0.165. The summed E-state index contributed by atoms with van der Waals surface area (Å²) in [6.07, 6.45) is -3.63. The number of halogens is 3. The number of hydrogen-bond acceptors (Lipinski definition) is 3. The summed E-state index contributed by atoms with van der Waals surface area (Å²) in [5, 5.41) is 2.49. The summed E-state index contributed by atoms with van der Waals surface area (Å²) < 4.78 is 43.8. The van der Waals surface area contributed by atoms with E-state index in [-0.39, 0.29) is 5.69 Å². The minimum absolute atomic E-state index is 0.0246. The van der Waals surface area contributed by atoms with E-state index in [0.29, 0.717) is 12.8 Å². The molecule has 1 heterocycles. The van der Waals surface area contributed by atoms with E-state index in [0.717, 1.165) is 12.1 Å². The molecule has 2 fully saturated rings. The zero-order chi connectivity index (χ0) is 18.0. The number of hydrogen-bond donors (Lipinski definition) is 1. The average molecular weight is 341 g/mol. The monoisotopic (exact) mass is 341 g/mol. The van der Waals surface area contributed by atoms with Gasteiger partial charge in [-0.15, -0.1) is 0 Å². The quantitative estimate of drug-likeness (QED) is 0.833. The number of carbonyl (C=O) groups excluding carboxylic acids is 2. The Bertz CT molecular complexity index is 728. The van der Waals surface area contributed by atoms with Gasteiger partial charge in [0, 0.05) is 11.1 Å². The fraction of sp³-hybridized carbons (Fsp3) is 0.529. The summed E-state index contributed by atoms with van der Waals surface area (Å²) in [5.41, 5.74) is -3.69. The summed E-state index contributed by atoms with van der Waals surface area (Å²) in [4.78, 5) is 25.0. The second-order valence-corrected chi connectivity index (χ2v) is 7.21. The molecule has 0 aromatic heterocycles. The highest BCUT2D eigenvalue weighted by molar-refractivity contribution is 6.03. The summed E-state index contributed by atoms with van der Waals surface area (Å²) in [7, 11) is 0. The molecule has 3 rings (SSSR count). The second kappa shape index (κ2) is 4.74. The lowest BCUT2D eigenvalue weighted by atomic mass is 9.66. The van der Waals surface area contributed by atoms with Gasteiger partial charge in [0.15, 0.2) is 5.60 Å². The fourth-order valence-electron chi connectivity index (χ4n) is 3.75. The van der Waals surface area contributed by atoms with Crippen molar-refractivity contribution in [3.05, 3.63) is 29.8 Å². The molecule has 1 saturated carbocycles. The van der Waals surface area contributed by atoms with Crippen LogP contribution < -0.4 is 5.32 Å². The molecule has 7 heteroatoms. The van der Waals surface area contributed by atoms with Gasteiger partial charge in [0.05, 0.1) is 11.0 Å². The molecule has 1 aromatic rings. The van der Waals surface area contributed by atoms with Crippen LogP contribution in [0.3, 0.4) is 0 Å². The SMILES string of the molecule is CC12CCC(C(=O)Nc3cccc(C(F)(F)F)c3)(OC1=O)C2(C)C. The van der Waals surface area contributed by atoms with Gasteiger partial charge in [-0.1, -0.05) is 19.9 Å². The highest BCUT2D eigenvalue weighted by Crippen LogP contribution is 2.65. The highest BCUT2D eigenvalue weighted by atomic mass is 19.4. The molecule has 0 spiro atoms. The van der Waals surface area contributed by atoms with E-state index in [2.05, 4.69) is 5.32 Å². The van der Waals surface area contributed by atoms with Crippen molar-refractivity contribution < 1.29 is 27.5 Å². The lowest BCUT2D eigenvalue weighted by Gasteiger charge is -2.35. The number of carbonyl (C=O) groups is 2. The van der Waals surface area contributed by atoms with Crippen LogP contribution in [0.15, 0.2) is 24.3 Å². The van der Waals surface area contributed by atoms with Crippen LogP contribution >= 0.6 is 0 Å². The first-order valence-electron chi connectivity index (χ1n) is 7.66. The molecule has 24 heavy (non-hydrogen) atoms. The Kier molecular flexibility index (Phi) is 3.32. The zero-order valence-electron chi connectivity index (χ0n) is 13.6. The van der Waals surface area contributed by atoms with Crippen LogP contribution in [0.1, 0.15) is 39.2 Å². The van der Waals surface area contributed by atoms with Crippen molar-refractivity contribution in [2.75, 3.05) is 5.32 Å². The molecular weight excluding hydrogens is 323 g/mol. The Hall–Kier alpha value is -2.05. The third kappa shape index (κ3) is 1.99. The molecule has 1 aliphatic carbocycles. The van der Waals surface area contributed by atoms with E-state index in [9.17, 15) is 22.8 Å². The van der Waals surface area contributed by atoms with Crippen LogP contribution in [0.5, 0.6) is 0 Å². The summed E-state index contributed by atoms with van der Waals surface area (Å²) in [5.74, 6) is -1.01. The molecule has 1 amide bonds. The van der Waals surface area contributed by atoms with Crippen molar-refractivity contribution >= 4 is 17.6 Å². The van der Waals surface area contributed by atoms with Gasteiger partial charge in [-0.2, -0.15) is 13.2 Å². The minimum Gasteiger partial charge on any atom is -0.448 e. The molecule has 2 unspecified atom stereocenters. The number of amides is 1. The number of esters is 1. The molecule has 1 aromatic carbocycles. The molecular formula is C17H18F3NO3. The lowest BCUT2D eigenvalue weighted by Crippen LogP contribution is -2.50. The highest BCUT2D eigenvalue weighted by Gasteiger charge is 2.75. The topological polar surface area (TPSA) is 55.4 Å². The fourth-order valence-corrected chi connectivity index (χ4v) is 3.75. The smallest absolute Gasteiger partial charge is 0.416 e. The van der Waals surface area contributed by atoms with Gasteiger partial charge < -0.3 is 10.1 Å². The summed E-state index contributed by atoms with van der Waals surface area (Å²) >= 11 is 0. The Labute approximate surface area is 137 Å². The van der Waals surface area contributed by atoms with E-state index in [4.69, 9.17) is 4.74 Å². The largest absolute Gasteiger partial charge is 0.448 e. The van der Waals surface area contributed by atoms with Crippen LogP contribution in [0.25, 0.3) is 0 Å². The Morgan fingerprint density at radius 2 is 1.88 bits per heavy atom. The zero-order valence-corrected chi connectivity index (χ0v) is 13.6. The first kappa shape index (κ1) is 16.8. The van der Waals surface area contributed by atoms with Crippen molar-refractivity contribution in [1.29, 1.82) is 0 Å². The number of alkyl halides is 3. The van der Waals surface area contributed by atoms with E-state index >= 15 is 0 Å². The van der Waals surface area contributed by atoms with Gasteiger partial charge in [-0.05, 0) is 38.0 Å². The van der Waals surface area contributed by atoms with E-state index in [1.54, 1.807) is 20.8 Å². The summed E-state index contributed by atoms with van der Waals surface area (Å²) in [6.45, 7) is 5.34. The Balaban J connectivity index is 1.90. The van der Waals surface area contributed by atoms with Crippen molar-refractivity contribution in [3.8, 4) is 0 Å². The molecule has 2 aliphatic rings. The van der Waals surface area contributed by atoms with Gasteiger partial charge >= 0.3 is 12.1 Å². The van der Waals surface area contributed by atoms with Crippen LogP contribution in [-0.2, 0) is 20.5 Å². The van der Waals surface area contributed by atoms with E-state index in [1.807, 2.05) is 0 Å². The van der Waals surface area contributed by atoms with Gasteiger partial charge in [-0.25, -0.2) is 0 Å². The van der Waals surface area contributed by atoms with Crippen molar-refractivity contribution in [2.45, 2.75) is 45.4 Å². The number of fused-ring (bicyclic) bond motifs is 2. The molecule has 1 N–H and O–H groups in total. The maximum atomic E-state index is 12.8. The van der Waals surface area contributed by atoms with Crippen molar-refractivity contribution in [3.63, 3.8) is 0 Å². The van der Waals surface area contributed by atoms with Crippen LogP contribution in [0.2, 0.25) is 0 Å². The number of rotatable bonds is 2. The number of anilines is 1. The number of nitrogens with one attached hydrogen (secondary N) is 1. The third-order valence-corrected chi connectivity index (χ3v) is 5.90. The number of benzene rings is 1. The van der Waals surface area contributed by atoms with Crippen LogP contribution in [0.4, 0.5) is 18.9 Å². The molecule has 1 saturated heterocycles. The van der Waals surface area contributed by atoms with Gasteiger partial charge in [0.1, 0.15) is 0 Å². The minimum atomic E-state index is -4.50. The standard InChI is InChI=1S/C17H18F3NO3/c1-14(2)15(3)7-8-16(14,24-13(15)23)12(22)21-11-6-4-5-10(9-11)17(18,19)20/h4-6,9H,7-8H2,1-3H3,(H,21,22). The van der Waals surface area contributed by atoms with Gasteiger partial charge in [0.25, 0.3) is 5.91 Å². The van der Waals surface area contributed by atoms with Gasteiger partial charge in [0.2, 0.25) is 0 Å². The number of ether oxygens (including phenoxy) is 1. The molecule has 0 radical (unpaired) electrons. The molecule has 1 aliphatic heterocycles. The third-order valence-electron chi connectivity index (χ3n) is 5.90. The second-order valence-electron chi connectivity index (χ2n) is 7.21. The molecule has 130 valence electrons. The normalized spacial score (nSPS) is 31.0. The van der Waals surface area contributed by atoms with E-state index < -0.39 is 40.0 Å². The maximum absolute atomic E-state index is 12.8. The van der Waals surface area contributed by atoms with Crippen LogP contribution in [-0.4, -0.2) is 17.5 Å². The Morgan fingerprint density at radius 1 is 1.21 bits per heavy atom. The average Bonchev–Trinajstić information content (AvgIpc) is 2.77. The predicted molar refractivity (Wildman–Crippen MR) is 80.0 cm³/mol. The molecule has 4 nitrogen and oxygen atoms in total. The molecule has 2 bridgehead atoms. The van der Waals surface area contributed by atoms with Gasteiger partial charge in [-0.3, -0.25) is 9.59 Å². The van der Waals surface area contributed by atoms with Crippen LogP contribution in [0, 0.1) is 10.8 Å². The first-order valence-corrected chi connectivity index (χ1v) is 7.66. The predicted octanol–water partition coefficient (Wildman–Crippen LogP) is 3.77. The van der Waals surface area contributed by atoms with E-state index in [1.165, 1.54) is 12.1 Å². The Morgan fingerprint density at radius 3 is 2.38 bits per heavy atom. The first-order chi connectivity index (χ1) is 10.9.